The molecular weight excluding hydrogens is 234 g/mol. The van der Waals surface area contributed by atoms with Crippen molar-refractivity contribution in [2.45, 2.75) is 31.7 Å². The van der Waals surface area contributed by atoms with E-state index in [1.54, 1.807) is 0 Å². The number of carbonyl (C=O) groups excluding carboxylic acids is 1. The molecule has 0 bridgehead atoms. The summed E-state index contributed by atoms with van der Waals surface area (Å²) in [6.07, 6.45) is 5.07. The van der Waals surface area contributed by atoms with Crippen molar-refractivity contribution >= 4 is 12.0 Å². The van der Waals surface area contributed by atoms with Gasteiger partial charge >= 0.3 is 12.0 Å². The fourth-order valence-electron chi connectivity index (χ4n) is 2.28. The highest BCUT2D eigenvalue weighted by Crippen LogP contribution is 2.21. The predicted molar refractivity (Wildman–Crippen MR) is 68.6 cm³/mol. The molecule has 1 fully saturated rings. The van der Waals surface area contributed by atoms with E-state index in [9.17, 15) is 9.59 Å². The summed E-state index contributed by atoms with van der Waals surface area (Å²) in [5.74, 6) is -1.00. The molecule has 6 nitrogen and oxygen atoms in total. The molecule has 1 aliphatic rings. The van der Waals surface area contributed by atoms with Gasteiger partial charge in [-0.2, -0.15) is 0 Å². The maximum absolute atomic E-state index is 11.5. The van der Waals surface area contributed by atoms with Crippen LogP contribution in [0.25, 0.3) is 0 Å². The Morgan fingerprint density at radius 3 is 2.44 bits per heavy atom. The van der Waals surface area contributed by atoms with Crippen LogP contribution in [0, 0.1) is 0 Å². The molecule has 0 aromatic rings. The SMILES string of the molecule is CN(CC(=O)O)C(=O)NCCN(C)C1CCCC1. The van der Waals surface area contributed by atoms with Crippen LogP contribution in [-0.4, -0.2) is 66.7 Å². The zero-order valence-corrected chi connectivity index (χ0v) is 11.2. The molecule has 2 N–H and O–H groups in total. The van der Waals surface area contributed by atoms with E-state index in [2.05, 4.69) is 17.3 Å². The number of carboxylic acid groups (broad SMARTS) is 1. The summed E-state index contributed by atoms with van der Waals surface area (Å²) in [5, 5.41) is 11.3. The Labute approximate surface area is 108 Å². The van der Waals surface area contributed by atoms with E-state index in [0.29, 0.717) is 12.6 Å². The van der Waals surface area contributed by atoms with Crippen LogP contribution >= 0.6 is 0 Å². The van der Waals surface area contributed by atoms with Gasteiger partial charge in [0.25, 0.3) is 0 Å². The first-order chi connectivity index (χ1) is 8.50. The maximum atomic E-state index is 11.5. The Balaban J connectivity index is 2.16. The van der Waals surface area contributed by atoms with Crippen molar-refractivity contribution in [3.8, 4) is 0 Å². The average molecular weight is 257 g/mol. The standard InChI is InChI=1S/C12H23N3O3/c1-14(10-5-3-4-6-10)8-7-13-12(18)15(2)9-11(16)17/h10H,3-9H2,1-2H3,(H,13,18)(H,16,17). The molecule has 0 radical (unpaired) electrons. The van der Waals surface area contributed by atoms with Crippen molar-refractivity contribution in [2.24, 2.45) is 0 Å². The lowest BCUT2D eigenvalue weighted by Crippen LogP contribution is -2.43. The average Bonchev–Trinajstić information content (AvgIpc) is 2.81. The Morgan fingerprint density at radius 2 is 1.89 bits per heavy atom. The molecule has 0 heterocycles. The summed E-state index contributed by atoms with van der Waals surface area (Å²) >= 11 is 0. The van der Waals surface area contributed by atoms with E-state index in [1.807, 2.05) is 0 Å². The second kappa shape index (κ2) is 7.20. The summed E-state index contributed by atoms with van der Waals surface area (Å²) in [4.78, 5) is 25.4. The molecule has 0 spiro atoms. The van der Waals surface area contributed by atoms with Gasteiger partial charge in [-0.25, -0.2) is 4.79 Å². The molecule has 1 rings (SSSR count). The maximum Gasteiger partial charge on any atom is 0.323 e. The molecule has 0 unspecified atom stereocenters. The first kappa shape index (κ1) is 14.8. The van der Waals surface area contributed by atoms with E-state index in [0.717, 1.165) is 11.4 Å². The van der Waals surface area contributed by atoms with Crippen molar-refractivity contribution in [1.82, 2.24) is 15.1 Å². The number of likely N-dealkylation sites (N-methyl/N-ethyl adjacent to an activating group) is 2. The third kappa shape index (κ3) is 4.91. The van der Waals surface area contributed by atoms with Gasteiger partial charge < -0.3 is 20.2 Å². The van der Waals surface area contributed by atoms with Crippen molar-refractivity contribution < 1.29 is 14.7 Å². The molecule has 6 heteroatoms. The minimum absolute atomic E-state index is 0.274. The van der Waals surface area contributed by atoms with Gasteiger partial charge in [-0.1, -0.05) is 12.8 Å². The normalized spacial score (nSPS) is 15.9. The first-order valence-electron chi connectivity index (χ1n) is 6.41. The number of carbonyl (C=O) groups is 2. The minimum Gasteiger partial charge on any atom is -0.480 e. The highest BCUT2D eigenvalue weighted by molar-refractivity contribution is 5.79. The van der Waals surface area contributed by atoms with Gasteiger partial charge in [0.05, 0.1) is 0 Å². The van der Waals surface area contributed by atoms with E-state index >= 15 is 0 Å². The monoisotopic (exact) mass is 257 g/mol. The first-order valence-corrected chi connectivity index (χ1v) is 6.41. The zero-order valence-electron chi connectivity index (χ0n) is 11.2. The number of hydrogen-bond acceptors (Lipinski definition) is 3. The molecule has 104 valence electrons. The number of amides is 2. The topological polar surface area (TPSA) is 72.9 Å². The van der Waals surface area contributed by atoms with E-state index < -0.39 is 5.97 Å². The zero-order chi connectivity index (χ0) is 13.5. The van der Waals surface area contributed by atoms with Gasteiger partial charge in [0.15, 0.2) is 0 Å². The summed E-state index contributed by atoms with van der Waals surface area (Å²) in [6.45, 7) is 1.08. The van der Waals surface area contributed by atoms with Crippen molar-refractivity contribution in [3.63, 3.8) is 0 Å². The van der Waals surface area contributed by atoms with E-state index in [1.165, 1.54) is 32.7 Å². The van der Waals surface area contributed by atoms with Crippen LogP contribution in [-0.2, 0) is 4.79 Å². The minimum atomic E-state index is -1.00. The number of nitrogens with zero attached hydrogens (tertiary/aromatic N) is 2. The molecule has 0 saturated heterocycles. The molecule has 1 aliphatic carbocycles. The third-order valence-corrected chi connectivity index (χ3v) is 3.41. The second-order valence-electron chi connectivity index (χ2n) is 4.90. The lowest BCUT2D eigenvalue weighted by molar-refractivity contribution is -0.137. The molecule has 0 aromatic heterocycles. The molecule has 0 atom stereocenters. The van der Waals surface area contributed by atoms with Crippen LogP contribution in [0.15, 0.2) is 0 Å². The molecule has 0 aliphatic heterocycles. The number of urea groups is 1. The molecular formula is C12H23N3O3. The van der Waals surface area contributed by atoms with Crippen LogP contribution in [0.5, 0.6) is 0 Å². The lowest BCUT2D eigenvalue weighted by atomic mass is 10.2. The Morgan fingerprint density at radius 1 is 1.28 bits per heavy atom. The Hall–Kier alpha value is -1.30. The van der Waals surface area contributed by atoms with Crippen LogP contribution in [0.3, 0.4) is 0 Å². The number of nitrogens with one attached hydrogen (secondary N) is 1. The van der Waals surface area contributed by atoms with Crippen molar-refractivity contribution in [1.29, 1.82) is 0 Å². The number of aliphatic carboxylic acids is 1. The largest absolute Gasteiger partial charge is 0.480 e. The number of carboxylic acids is 1. The number of hydrogen-bond donors (Lipinski definition) is 2. The summed E-state index contributed by atoms with van der Waals surface area (Å²) < 4.78 is 0. The highest BCUT2D eigenvalue weighted by atomic mass is 16.4. The molecule has 0 aromatic carbocycles. The van der Waals surface area contributed by atoms with Gasteiger partial charge in [0.1, 0.15) is 6.54 Å². The summed E-state index contributed by atoms with van der Waals surface area (Å²) in [5.41, 5.74) is 0. The highest BCUT2D eigenvalue weighted by Gasteiger charge is 2.19. The van der Waals surface area contributed by atoms with Gasteiger partial charge in [0.2, 0.25) is 0 Å². The van der Waals surface area contributed by atoms with E-state index in [4.69, 9.17) is 5.11 Å². The Bertz CT molecular complexity index is 290. The predicted octanol–water partition coefficient (Wildman–Crippen LogP) is 0.587. The molecule has 2 amide bonds. The molecule has 18 heavy (non-hydrogen) atoms. The smallest absolute Gasteiger partial charge is 0.323 e. The Kier molecular flexibility index (Phi) is 5.91. The quantitative estimate of drug-likeness (QED) is 0.730. The fraction of sp³-hybridized carbons (Fsp3) is 0.833. The van der Waals surface area contributed by atoms with E-state index in [-0.39, 0.29) is 12.6 Å². The van der Waals surface area contributed by atoms with Crippen LogP contribution in [0.2, 0.25) is 0 Å². The second-order valence-corrected chi connectivity index (χ2v) is 4.90. The molecule has 1 saturated carbocycles. The third-order valence-electron chi connectivity index (χ3n) is 3.41. The summed E-state index contributed by atoms with van der Waals surface area (Å²) in [6, 6.07) is 0.302. The van der Waals surface area contributed by atoms with Crippen molar-refractivity contribution in [2.75, 3.05) is 33.7 Å². The van der Waals surface area contributed by atoms with Crippen molar-refractivity contribution in [3.05, 3.63) is 0 Å². The summed E-state index contributed by atoms with van der Waals surface area (Å²) in [7, 11) is 3.55. The van der Waals surface area contributed by atoms with Gasteiger partial charge in [-0.15, -0.1) is 0 Å². The number of rotatable bonds is 6. The van der Waals surface area contributed by atoms with Gasteiger partial charge in [-0.05, 0) is 19.9 Å². The fourth-order valence-corrected chi connectivity index (χ4v) is 2.28. The van der Waals surface area contributed by atoms with Gasteiger partial charge in [0, 0.05) is 26.2 Å². The van der Waals surface area contributed by atoms with Crippen LogP contribution in [0.1, 0.15) is 25.7 Å². The lowest BCUT2D eigenvalue weighted by Gasteiger charge is -2.24. The van der Waals surface area contributed by atoms with Crippen LogP contribution < -0.4 is 5.32 Å². The van der Waals surface area contributed by atoms with Crippen LogP contribution in [0.4, 0.5) is 4.79 Å². The van der Waals surface area contributed by atoms with Gasteiger partial charge in [-0.3, -0.25) is 4.79 Å².